The van der Waals surface area contributed by atoms with Crippen molar-refractivity contribution < 1.29 is 4.79 Å². The van der Waals surface area contributed by atoms with Gasteiger partial charge in [-0.3, -0.25) is 10.1 Å². The quantitative estimate of drug-likeness (QED) is 0.846. The molecule has 0 aromatic carbocycles. The topological polar surface area (TPSA) is 72.9 Å². The third-order valence-corrected chi connectivity index (χ3v) is 4.41. The van der Waals surface area contributed by atoms with E-state index in [0.29, 0.717) is 24.8 Å². The van der Waals surface area contributed by atoms with E-state index in [1.165, 1.54) is 19.3 Å². The molecule has 5 heteroatoms. The molecule has 1 saturated carbocycles. The molecule has 1 amide bonds. The first-order valence-electron chi connectivity index (χ1n) is 8.06. The maximum absolute atomic E-state index is 12.4. The van der Waals surface area contributed by atoms with Crippen LogP contribution in [0.25, 0.3) is 0 Å². The minimum absolute atomic E-state index is 0.00218. The van der Waals surface area contributed by atoms with Gasteiger partial charge in [0, 0.05) is 25.4 Å². The second kappa shape index (κ2) is 7.07. The molecule has 0 unspecified atom stereocenters. The summed E-state index contributed by atoms with van der Waals surface area (Å²) >= 11 is 0. The predicted molar refractivity (Wildman–Crippen MR) is 84.9 cm³/mol. The van der Waals surface area contributed by atoms with Crippen molar-refractivity contribution in [2.45, 2.75) is 58.9 Å². The molecule has 1 fully saturated rings. The van der Waals surface area contributed by atoms with Crippen molar-refractivity contribution in [2.24, 2.45) is 17.1 Å². The Morgan fingerprint density at radius 1 is 1.43 bits per heavy atom. The van der Waals surface area contributed by atoms with Gasteiger partial charge in [-0.2, -0.15) is 0 Å². The summed E-state index contributed by atoms with van der Waals surface area (Å²) < 4.78 is 2.00. The summed E-state index contributed by atoms with van der Waals surface area (Å²) in [6, 6.07) is 0. The number of nitrogens with two attached hydrogens (primary N) is 1. The molecule has 1 aromatic rings. The molecule has 0 spiro atoms. The normalized spacial score (nSPS) is 17.9. The predicted octanol–water partition coefficient (Wildman–Crippen LogP) is 2.78. The second-order valence-corrected chi connectivity index (χ2v) is 6.79. The van der Waals surface area contributed by atoms with E-state index in [2.05, 4.69) is 24.1 Å². The Bertz CT molecular complexity index is 461. The van der Waals surface area contributed by atoms with E-state index in [-0.39, 0.29) is 11.3 Å². The van der Waals surface area contributed by atoms with Crippen LogP contribution in [0, 0.1) is 11.3 Å². The lowest BCUT2D eigenvalue weighted by Crippen LogP contribution is -2.36. The van der Waals surface area contributed by atoms with Gasteiger partial charge in [0.05, 0.1) is 0 Å². The van der Waals surface area contributed by atoms with E-state index in [9.17, 15) is 4.79 Å². The Hall–Kier alpha value is -1.36. The number of nitrogens with zero attached hydrogens (tertiary/aromatic N) is 2. The van der Waals surface area contributed by atoms with Gasteiger partial charge in [-0.15, -0.1) is 0 Å². The van der Waals surface area contributed by atoms with Crippen LogP contribution in [-0.4, -0.2) is 22.0 Å². The van der Waals surface area contributed by atoms with Crippen molar-refractivity contribution in [2.75, 3.05) is 11.9 Å². The fourth-order valence-electron chi connectivity index (χ4n) is 3.24. The zero-order valence-electron chi connectivity index (χ0n) is 13.3. The Balaban J connectivity index is 1.96. The Labute approximate surface area is 127 Å². The number of hydrogen-bond acceptors (Lipinski definition) is 3. The molecule has 0 saturated heterocycles. The molecule has 0 aliphatic heterocycles. The van der Waals surface area contributed by atoms with Crippen LogP contribution in [0.15, 0.2) is 12.4 Å². The summed E-state index contributed by atoms with van der Waals surface area (Å²) in [5.41, 5.74) is 5.95. The maximum Gasteiger partial charge on any atom is 0.227 e. The van der Waals surface area contributed by atoms with Gasteiger partial charge in [-0.05, 0) is 30.7 Å². The number of nitrogens with one attached hydrogen (secondary N) is 1. The monoisotopic (exact) mass is 292 g/mol. The lowest BCUT2D eigenvalue weighted by atomic mass is 9.72. The van der Waals surface area contributed by atoms with Crippen LogP contribution in [0.3, 0.4) is 0 Å². The van der Waals surface area contributed by atoms with Crippen LogP contribution in [0.1, 0.15) is 52.4 Å². The molecule has 1 aliphatic carbocycles. The van der Waals surface area contributed by atoms with Crippen molar-refractivity contribution in [3.63, 3.8) is 0 Å². The smallest absolute Gasteiger partial charge is 0.227 e. The number of aromatic nitrogens is 2. The third-order valence-electron chi connectivity index (χ3n) is 4.41. The molecule has 0 bridgehead atoms. The van der Waals surface area contributed by atoms with Gasteiger partial charge in [-0.1, -0.05) is 33.1 Å². The van der Waals surface area contributed by atoms with Gasteiger partial charge < -0.3 is 10.3 Å². The van der Waals surface area contributed by atoms with Crippen molar-refractivity contribution in [3.8, 4) is 0 Å². The van der Waals surface area contributed by atoms with E-state index in [4.69, 9.17) is 5.73 Å². The van der Waals surface area contributed by atoms with Gasteiger partial charge in [-0.25, -0.2) is 4.98 Å². The Morgan fingerprint density at radius 2 is 2.14 bits per heavy atom. The fourth-order valence-corrected chi connectivity index (χ4v) is 3.24. The third kappa shape index (κ3) is 4.30. The minimum atomic E-state index is -0.00218. The molecule has 0 atom stereocenters. The summed E-state index contributed by atoms with van der Waals surface area (Å²) in [5.74, 6) is 1.21. The number of anilines is 1. The molecule has 5 nitrogen and oxygen atoms in total. The molecule has 21 heavy (non-hydrogen) atoms. The average Bonchev–Trinajstić information content (AvgIpc) is 2.86. The highest BCUT2D eigenvalue weighted by atomic mass is 16.1. The maximum atomic E-state index is 12.4. The number of rotatable bonds is 6. The zero-order valence-corrected chi connectivity index (χ0v) is 13.3. The molecule has 3 N–H and O–H groups in total. The van der Waals surface area contributed by atoms with Crippen LogP contribution in [-0.2, 0) is 11.3 Å². The zero-order chi connectivity index (χ0) is 15.3. The first-order valence-corrected chi connectivity index (χ1v) is 8.06. The SMILES string of the molecule is CC(C)Cn1ccnc1NC(=O)CC1(CN)CCCCC1. The van der Waals surface area contributed by atoms with Crippen molar-refractivity contribution in [3.05, 3.63) is 12.4 Å². The lowest BCUT2D eigenvalue weighted by Gasteiger charge is -2.35. The van der Waals surface area contributed by atoms with Crippen molar-refractivity contribution in [1.29, 1.82) is 0 Å². The number of imidazole rings is 1. The van der Waals surface area contributed by atoms with Crippen LogP contribution in [0.2, 0.25) is 0 Å². The highest BCUT2D eigenvalue weighted by Crippen LogP contribution is 2.38. The summed E-state index contributed by atoms with van der Waals surface area (Å²) in [6.07, 6.45) is 9.93. The van der Waals surface area contributed by atoms with Crippen molar-refractivity contribution in [1.82, 2.24) is 9.55 Å². The fraction of sp³-hybridized carbons (Fsp3) is 0.750. The molecule has 1 aromatic heterocycles. The number of carbonyl (C=O) groups excluding carboxylic acids is 1. The van der Waals surface area contributed by atoms with Gasteiger partial charge in [0.25, 0.3) is 0 Å². The minimum Gasteiger partial charge on any atom is -0.330 e. The highest BCUT2D eigenvalue weighted by molar-refractivity contribution is 5.89. The van der Waals surface area contributed by atoms with Crippen LogP contribution in [0.5, 0.6) is 0 Å². The lowest BCUT2D eigenvalue weighted by molar-refractivity contribution is -0.118. The molecular weight excluding hydrogens is 264 g/mol. The molecular formula is C16H28N4O. The largest absolute Gasteiger partial charge is 0.330 e. The van der Waals surface area contributed by atoms with Gasteiger partial charge in [0.15, 0.2) is 0 Å². The summed E-state index contributed by atoms with van der Waals surface area (Å²) in [5, 5.41) is 2.96. The Kier molecular flexibility index (Phi) is 5.39. The first-order chi connectivity index (χ1) is 10.0. The van der Waals surface area contributed by atoms with E-state index < -0.39 is 0 Å². The molecule has 1 heterocycles. The van der Waals surface area contributed by atoms with Gasteiger partial charge in [0.1, 0.15) is 0 Å². The van der Waals surface area contributed by atoms with Crippen LogP contribution >= 0.6 is 0 Å². The molecule has 2 rings (SSSR count). The van der Waals surface area contributed by atoms with E-state index in [1.807, 2.05) is 10.8 Å². The van der Waals surface area contributed by atoms with Gasteiger partial charge in [0.2, 0.25) is 11.9 Å². The first kappa shape index (κ1) is 16.0. The van der Waals surface area contributed by atoms with E-state index in [1.54, 1.807) is 6.20 Å². The summed E-state index contributed by atoms with van der Waals surface area (Å²) in [4.78, 5) is 16.6. The number of carbonyl (C=O) groups is 1. The number of hydrogen-bond donors (Lipinski definition) is 2. The summed E-state index contributed by atoms with van der Waals surface area (Å²) in [6.45, 7) is 5.76. The molecule has 0 radical (unpaired) electrons. The number of amides is 1. The molecule has 118 valence electrons. The molecule has 1 aliphatic rings. The second-order valence-electron chi connectivity index (χ2n) is 6.79. The van der Waals surface area contributed by atoms with Crippen LogP contribution in [0.4, 0.5) is 5.95 Å². The Morgan fingerprint density at radius 3 is 2.76 bits per heavy atom. The van der Waals surface area contributed by atoms with Crippen molar-refractivity contribution >= 4 is 11.9 Å². The standard InChI is InChI=1S/C16H28N4O/c1-13(2)11-20-9-8-18-15(20)19-14(21)10-16(12-17)6-4-3-5-7-16/h8-9,13H,3-7,10-12,17H2,1-2H3,(H,18,19,21). The highest BCUT2D eigenvalue weighted by Gasteiger charge is 2.33. The van der Waals surface area contributed by atoms with E-state index in [0.717, 1.165) is 19.4 Å². The average molecular weight is 292 g/mol. The summed E-state index contributed by atoms with van der Waals surface area (Å²) in [7, 11) is 0. The van der Waals surface area contributed by atoms with Crippen LogP contribution < -0.4 is 11.1 Å². The van der Waals surface area contributed by atoms with E-state index >= 15 is 0 Å². The van der Waals surface area contributed by atoms with Gasteiger partial charge >= 0.3 is 0 Å².